The van der Waals surface area contributed by atoms with Crippen LogP contribution in [0.4, 0.5) is 0 Å². The Balaban J connectivity index is 5.06. The lowest BCUT2D eigenvalue weighted by molar-refractivity contribution is -0.154. The molecule has 0 unspecified atom stereocenters. The molecule has 16 heavy (non-hydrogen) atoms. The van der Waals surface area contributed by atoms with Gasteiger partial charge in [0.1, 0.15) is 0 Å². The van der Waals surface area contributed by atoms with E-state index in [2.05, 4.69) is 12.6 Å². The molecule has 0 spiro atoms. The van der Waals surface area contributed by atoms with E-state index in [1.165, 1.54) is 0 Å². The van der Waals surface area contributed by atoms with Crippen molar-refractivity contribution in [1.29, 1.82) is 5.26 Å². The van der Waals surface area contributed by atoms with Crippen LogP contribution in [0.3, 0.4) is 0 Å². The van der Waals surface area contributed by atoms with Crippen molar-refractivity contribution in [2.45, 2.75) is 40.0 Å². The molecule has 0 heterocycles. The summed E-state index contributed by atoms with van der Waals surface area (Å²) in [5, 5.41) is 9.30. The highest BCUT2D eigenvalue weighted by atomic mass is 16.5. The van der Waals surface area contributed by atoms with Crippen LogP contribution in [-0.2, 0) is 9.53 Å². The van der Waals surface area contributed by atoms with Crippen LogP contribution in [0.25, 0.3) is 0 Å². The lowest BCUT2D eigenvalue weighted by Gasteiger charge is -2.29. The summed E-state index contributed by atoms with van der Waals surface area (Å²) < 4.78 is 5.01. The highest BCUT2D eigenvalue weighted by molar-refractivity contribution is 5.80. The minimum absolute atomic E-state index is 0.0143. The molecule has 0 aliphatic heterocycles. The first-order valence-electron chi connectivity index (χ1n) is 5.78. The van der Waals surface area contributed by atoms with Crippen molar-refractivity contribution in [2.75, 3.05) is 6.61 Å². The number of carbonyl (C=O) groups is 1. The van der Waals surface area contributed by atoms with Crippen LogP contribution in [0.1, 0.15) is 40.0 Å². The molecule has 0 radical (unpaired) electrons. The summed E-state index contributed by atoms with van der Waals surface area (Å²) in [6.07, 6.45) is 3.75. The van der Waals surface area contributed by atoms with Crippen LogP contribution >= 0.6 is 0 Å². The fourth-order valence-electron chi connectivity index (χ4n) is 1.85. The highest BCUT2D eigenvalue weighted by Crippen LogP contribution is 2.35. The Morgan fingerprint density at radius 1 is 1.62 bits per heavy atom. The van der Waals surface area contributed by atoms with E-state index in [0.29, 0.717) is 13.0 Å². The molecule has 0 saturated carbocycles. The maximum Gasteiger partial charge on any atom is 0.327 e. The smallest absolute Gasteiger partial charge is 0.327 e. The third kappa shape index (κ3) is 3.10. The molecule has 0 bridgehead atoms. The molecule has 0 aromatic carbocycles. The number of nitrogens with zero attached hydrogens (tertiary/aromatic N) is 1. The first kappa shape index (κ1) is 14.7. The average Bonchev–Trinajstić information content (AvgIpc) is 2.26. The summed E-state index contributed by atoms with van der Waals surface area (Å²) in [5.41, 5.74) is -1.06. The SMILES string of the molecule is C=CC[C@](C#N)(C(=O)OCC)[C@H](C)CCC. The average molecular weight is 223 g/mol. The van der Waals surface area contributed by atoms with Gasteiger partial charge in [-0.2, -0.15) is 5.26 Å². The molecule has 0 aromatic heterocycles. The number of ether oxygens (including phenoxy) is 1. The second kappa shape index (κ2) is 7.05. The molecule has 3 heteroatoms. The number of nitriles is 1. The second-order valence-electron chi connectivity index (χ2n) is 3.99. The van der Waals surface area contributed by atoms with Crippen molar-refractivity contribution >= 4 is 5.97 Å². The van der Waals surface area contributed by atoms with Crippen LogP contribution in [0, 0.1) is 22.7 Å². The molecule has 0 aliphatic carbocycles. The monoisotopic (exact) mass is 223 g/mol. The summed E-state index contributed by atoms with van der Waals surface area (Å²) in [4.78, 5) is 11.9. The van der Waals surface area contributed by atoms with E-state index in [4.69, 9.17) is 4.74 Å². The quantitative estimate of drug-likeness (QED) is 0.492. The van der Waals surface area contributed by atoms with Crippen LogP contribution in [0.5, 0.6) is 0 Å². The fraction of sp³-hybridized carbons (Fsp3) is 0.692. The van der Waals surface area contributed by atoms with E-state index in [9.17, 15) is 10.1 Å². The molecule has 0 rings (SSSR count). The van der Waals surface area contributed by atoms with Gasteiger partial charge in [-0.25, -0.2) is 0 Å². The minimum atomic E-state index is -1.06. The number of allylic oxidation sites excluding steroid dienone is 1. The number of rotatable bonds is 7. The van der Waals surface area contributed by atoms with Gasteiger partial charge >= 0.3 is 5.97 Å². The van der Waals surface area contributed by atoms with Gasteiger partial charge in [0.05, 0.1) is 12.7 Å². The Morgan fingerprint density at radius 3 is 2.62 bits per heavy atom. The molecule has 2 atom stereocenters. The van der Waals surface area contributed by atoms with E-state index in [0.717, 1.165) is 12.8 Å². The summed E-state index contributed by atoms with van der Waals surface area (Å²) in [7, 11) is 0. The van der Waals surface area contributed by atoms with Crippen LogP contribution in [0.15, 0.2) is 12.7 Å². The molecule has 0 amide bonds. The minimum Gasteiger partial charge on any atom is -0.465 e. The van der Waals surface area contributed by atoms with Crippen molar-refractivity contribution in [3.8, 4) is 6.07 Å². The largest absolute Gasteiger partial charge is 0.465 e. The predicted molar refractivity (Wildman–Crippen MR) is 63.6 cm³/mol. The van der Waals surface area contributed by atoms with Gasteiger partial charge in [0, 0.05) is 0 Å². The Labute approximate surface area is 98.1 Å². The standard InChI is InChI=1S/C13H21NO2/c1-5-8-11(4)13(10-14,9-6-2)12(15)16-7-3/h6,11H,2,5,7-9H2,1,3-4H3/t11-,13-/m1/s1. The number of hydrogen-bond donors (Lipinski definition) is 0. The molecular weight excluding hydrogens is 202 g/mol. The van der Waals surface area contributed by atoms with Crippen LogP contribution < -0.4 is 0 Å². The Kier molecular flexibility index (Phi) is 6.48. The van der Waals surface area contributed by atoms with E-state index >= 15 is 0 Å². The maximum atomic E-state index is 11.9. The van der Waals surface area contributed by atoms with E-state index in [1.807, 2.05) is 13.8 Å². The zero-order valence-electron chi connectivity index (χ0n) is 10.5. The Morgan fingerprint density at radius 2 is 2.25 bits per heavy atom. The number of esters is 1. The van der Waals surface area contributed by atoms with E-state index < -0.39 is 11.4 Å². The summed E-state index contributed by atoms with van der Waals surface area (Å²) in [6.45, 7) is 9.64. The molecule has 0 saturated heterocycles. The van der Waals surface area contributed by atoms with Crippen molar-refractivity contribution in [1.82, 2.24) is 0 Å². The molecule has 3 nitrogen and oxygen atoms in total. The molecule has 0 aliphatic rings. The van der Waals surface area contributed by atoms with Gasteiger partial charge in [0.15, 0.2) is 5.41 Å². The van der Waals surface area contributed by atoms with Gasteiger partial charge in [0.2, 0.25) is 0 Å². The lowest BCUT2D eigenvalue weighted by Crippen LogP contribution is -2.37. The fourth-order valence-corrected chi connectivity index (χ4v) is 1.85. The van der Waals surface area contributed by atoms with Crippen LogP contribution in [-0.4, -0.2) is 12.6 Å². The zero-order chi connectivity index (χ0) is 12.6. The van der Waals surface area contributed by atoms with Crippen molar-refractivity contribution < 1.29 is 9.53 Å². The highest BCUT2D eigenvalue weighted by Gasteiger charge is 2.43. The van der Waals surface area contributed by atoms with Gasteiger partial charge in [-0.3, -0.25) is 4.79 Å². The Bertz CT molecular complexity index is 280. The first-order chi connectivity index (χ1) is 7.58. The normalized spacial score (nSPS) is 15.6. The number of carbonyl (C=O) groups excluding carboxylic acids is 1. The molecule has 0 aromatic rings. The number of hydrogen-bond acceptors (Lipinski definition) is 3. The van der Waals surface area contributed by atoms with Crippen molar-refractivity contribution in [2.24, 2.45) is 11.3 Å². The lowest BCUT2D eigenvalue weighted by atomic mass is 9.73. The van der Waals surface area contributed by atoms with Crippen molar-refractivity contribution in [3.05, 3.63) is 12.7 Å². The zero-order valence-corrected chi connectivity index (χ0v) is 10.5. The summed E-state index contributed by atoms with van der Waals surface area (Å²) in [5.74, 6) is -0.433. The van der Waals surface area contributed by atoms with Crippen LogP contribution in [0.2, 0.25) is 0 Å². The van der Waals surface area contributed by atoms with Gasteiger partial charge in [-0.15, -0.1) is 6.58 Å². The van der Waals surface area contributed by atoms with Gasteiger partial charge < -0.3 is 4.74 Å². The third-order valence-electron chi connectivity index (χ3n) is 2.87. The van der Waals surface area contributed by atoms with Gasteiger partial charge in [0.25, 0.3) is 0 Å². The first-order valence-corrected chi connectivity index (χ1v) is 5.78. The summed E-state index contributed by atoms with van der Waals surface area (Å²) in [6, 6.07) is 2.14. The third-order valence-corrected chi connectivity index (χ3v) is 2.87. The molecule has 90 valence electrons. The second-order valence-corrected chi connectivity index (χ2v) is 3.99. The molecule has 0 fully saturated rings. The molecular formula is C13H21NO2. The topological polar surface area (TPSA) is 50.1 Å². The summed E-state index contributed by atoms with van der Waals surface area (Å²) >= 11 is 0. The Hall–Kier alpha value is -1.30. The molecule has 0 N–H and O–H groups in total. The predicted octanol–water partition coefficient (Wildman–Crippen LogP) is 3.07. The van der Waals surface area contributed by atoms with E-state index in [-0.39, 0.29) is 5.92 Å². The van der Waals surface area contributed by atoms with Crippen molar-refractivity contribution in [3.63, 3.8) is 0 Å². The van der Waals surface area contributed by atoms with E-state index in [1.54, 1.807) is 13.0 Å². The van der Waals surface area contributed by atoms with Gasteiger partial charge in [-0.1, -0.05) is 26.3 Å². The maximum absolute atomic E-state index is 11.9. The van der Waals surface area contributed by atoms with Gasteiger partial charge in [-0.05, 0) is 25.7 Å².